The van der Waals surface area contributed by atoms with Gasteiger partial charge in [0.2, 0.25) is 0 Å². The average molecular weight is 248 g/mol. The van der Waals surface area contributed by atoms with Crippen LogP contribution in [0.1, 0.15) is 43.0 Å². The van der Waals surface area contributed by atoms with Crippen molar-refractivity contribution >= 4 is 17.3 Å². The Bertz CT molecular complexity index is 441. The number of nitrogens with two attached hydrogens (primary N) is 1. The Hall–Kier alpha value is -1.71. The molecule has 0 bridgehead atoms. The van der Waals surface area contributed by atoms with Crippen LogP contribution in [-0.4, -0.2) is 17.1 Å². The lowest BCUT2D eigenvalue weighted by molar-refractivity contribution is 0.0698. The van der Waals surface area contributed by atoms with Crippen molar-refractivity contribution in [1.29, 1.82) is 0 Å². The standard InChI is InChI=1S/C14H20N2O2/c1-2-10(7-9-3-4-9)16-11-5-6-12(14(17)18)13(15)8-11/h5-6,8-10,16H,2-4,7,15H2,1H3,(H,17,18). The highest BCUT2D eigenvalue weighted by molar-refractivity contribution is 5.94. The molecule has 0 aliphatic heterocycles. The Morgan fingerprint density at radius 2 is 2.28 bits per heavy atom. The molecule has 1 saturated carbocycles. The van der Waals surface area contributed by atoms with Crippen LogP contribution in [-0.2, 0) is 0 Å². The van der Waals surface area contributed by atoms with E-state index in [0.717, 1.165) is 18.0 Å². The maximum Gasteiger partial charge on any atom is 0.337 e. The van der Waals surface area contributed by atoms with Crippen LogP contribution in [0.15, 0.2) is 18.2 Å². The molecule has 1 fully saturated rings. The number of benzene rings is 1. The van der Waals surface area contributed by atoms with Gasteiger partial charge in [-0.25, -0.2) is 4.79 Å². The molecule has 2 rings (SSSR count). The summed E-state index contributed by atoms with van der Waals surface area (Å²) in [6, 6.07) is 5.51. The molecule has 0 radical (unpaired) electrons. The van der Waals surface area contributed by atoms with Crippen molar-refractivity contribution in [2.75, 3.05) is 11.1 Å². The number of carboxylic acid groups (broad SMARTS) is 1. The van der Waals surface area contributed by atoms with Gasteiger partial charge in [0, 0.05) is 17.4 Å². The molecule has 1 aromatic carbocycles. The molecule has 0 spiro atoms. The minimum Gasteiger partial charge on any atom is -0.478 e. The van der Waals surface area contributed by atoms with Gasteiger partial charge >= 0.3 is 5.97 Å². The number of nitrogen functional groups attached to an aromatic ring is 1. The quantitative estimate of drug-likeness (QED) is 0.676. The largest absolute Gasteiger partial charge is 0.478 e. The summed E-state index contributed by atoms with van der Waals surface area (Å²) in [6.45, 7) is 2.16. The van der Waals surface area contributed by atoms with E-state index < -0.39 is 5.97 Å². The van der Waals surface area contributed by atoms with Gasteiger partial charge in [-0.3, -0.25) is 0 Å². The fourth-order valence-corrected chi connectivity index (χ4v) is 2.17. The second-order valence-corrected chi connectivity index (χ2v) is 5.04. The Morgan fingerprint density at radius 3 is 2.78 bits per heavy atom. The van der Waals surface area contributed by atoms with E-state index in [-0.39, 0.29) is 5.56 Å². The number of carbonyl (C=O) groups is 1. The lowest BCUT2D eigenvalue weighted by atomic mass is 10.1. The summed E-state index contributed by atoms with van der Waals surface area (Å²) in [5.74, 6) is -0.109. The fourth-order valence-electron chi connectivity index (χ4n) is 2.17. The van der Waals surface area contributed by atoms with Crippen molar-refractivity contribution in [2.45, 2.75) is 38.6 Å². The van der Waals surface area contributed by atoms with Crippen LogP contribution >= 0.6 is 0 Å². The molecule has 4 heteroatoms. The van der Waals surface area contributed by atoms with Crippen LogP contribution in [0.5, 0.6) is 0 Å². The van der Waals surface area contributed by atoms with Gasteiger partial charge in [0.15, 0.2) is 0 Å². The number of anilines is 2. The molecule has 1 aliphatic carbocycles. The third kappa shape index (κ3) is 3.15. The van der Waals surface area contributed by atoms with Gasteiger partial charge in [-0.15, -0.1) is 0 Å². The highest BCUT2D eigenvalue weighted by atomic mass is 16.4. The Morgan fingerprint density at radius 1 is 1.56 bits per heavy atom. The van der Waals surface area contributed by atoms with Gasteiger partial charge in [-0.2, -0.15) is 0 Å². The van der Waals surface area contributed by atoms with Crippen molar-refractivity contribution in [3.8, 4) is 0 Å². The highest BCUT2D eigenvalue weighted by Gasteiger charge is 2.24. The minimum atomic E-state index is -0.982. The predicted molar refractivity (Wildman–Crippen MR) is 72.9 cm³/mol. The van der Waals surface area contributed by atoms with E-state index in [1.165, 1.54) is 19.3 Å². The van der Waals surface area contributed by atoms with Crippen LogP contribution in [0.4, 0.5) is 11.4 Å². The van der Waals surface area contributed by atoms with E-state index in [4.69, 9.17) is 10.8 Å². The van der Waals surface area contributed by atoms with Gasteiger partial charge in [-0.05, 0) is 37.0 Å². The molecule has 4 nitrogen and oxygen atoms in total. The van der Waals surface area contributed by atoms with Crippen molar-refractivity contribution in [2.24, 2.45) is 5.92 Å². The molecule has 1 aromatic rings. The number of aromatic carboxylic acids is 1. The number of hydrogen-bond acceptors (Lipinski definition) is 3. The van der Waals surface area contributed by atoms with E-state index in [0.29, 0.717) is 11.7 Å². The molecule has 98 valence electrons. The second kappa shape index (κ2) is 5.29. The second-order valence-electron chi connectivity index (χ2n) is 5.04. The third-order valence-electron chi connectivity index (χ3n) is 3.46. The van der Waals surface area contributed by atoms with Crippen molar-refractivity contribution in [3.05, 3.63) is 23.8 Å². The van der Waals surface area contributed by atoms with Crippen LogP contribution in [0.2, 0.25) is 0 Å². The van der Waals surface area contributed by atoms with Crippen molar-refractivity contribution in [1.82, 2.24) is 0 Å². The smallest absolute Gasteiger partial charge is 0.337 e. The van der Waals surface area contributed by atoms with Crippen LogP contribution in [0.3, 0.4) is 0 Å². The molecule has 0 heterocycles. The number of rotatable bonds is 6. The molecule has 0 saturated heterocycles. The zero-order chi connectivity index (χ0) is 13.1. The first-order valence-electron chi connectivity index (χ1n) is 6.49. The molecule has 0 amide bonds. The van der Waals surface area contributed by atoms with Gasteiger partial charge in [0.1, 0.15) is 0 Å². The Balaban J connectivity index is 2.03. The van der Waals surface area contributed by atoms with E-state index in [1.807, 2.05) is 0 Å². The van der Waals surface area contributed by atoms with Crippen LogP contribution in [0.25, 0.3) is 0 Å². The number of carboxylic acids is 1. The predicted octanol–water partition coefficient (Wildman–Crippen LogP) is 2.96. The fraction of sp³-hybridized carbons (Fsp3) is 0.500. The summed E-state index contributed by atoms with van der Waals surface area (Å²) in [5, 5.41) is 12.3. The normalized spacial score (nSPS) is 16.3. The minimum absolute atomic E-state index is 0.163. The molecule has 1 aliphatic rings. The summed E-state index contributed by atoms with van der Waals surface area (Å²) in [4.78, 5) is 10.9. The molecular weight excluding hydrogens is 228 g/mol. The van der Waals surface area contributed by atoms with E-state index in [1.54, 1.807) is 18.2 Å². The van der Waals surface area contributed by atoms with E-state index in [2.05, 4.69) is 12.2 Å². The van der Waals surface area contributed by atoms with Crippen LogP contribution < -0.4 is 11.1 Å². The monoisotopic (exact) mass is 248 g/mol. The molecule has 4 N–H and O–H groups in total. The molecule has 18 heavy (non-hydrogen) atoms. The lowest BCUT2D eigenvalue weighted by Crippen LogP contribution is -2.19. The summed E-state index contributed by atoms with van der Waals surface area (Å²) < 4.78 is 0. The average Bonchev–Trinajstić information content (AvgIpc) is 3.11. The van der Waals surface area contributed by atoms with E-state index >= 15 is 0 Å². The van der Waals surface area contributed by atoms with Crippen LogP contribution in [0, 0.1) is 5.92 Å². The molecule has 0 aromatic heterocycles. The van der Waals surface area contributed by atoms with Crippen molar-refractivity contribution in [3.63, 3.8) is 0 Å². The first-order valence-corrected chi connectivity index (χ1v) is 6.49. The summed E-state index contributed by atoms with van der Waals surface area (Å²) in [6.07, 6.45) is 4.95. The van der Waals surface area contributed by atoms with Gasteiger partial charge < -0.3 is 16.2 Å². The van der Waals surface area contributed by atoms with Gasteiger partial charge in [0.25, 0.3) is 0 Å². The van der Waals surface area contributed by atoms with E-state index in [9.17, 15) is 4.79 Å². The lowest BCUT2D eigenvalue weighted by Gasteiger charge is -2.18. The zero-order valence-corrected chi connectivity index (χ0v) is 10.6. The topological polar surface area (TPSA) is 75.3 Å². The first kappa shape index (κ1) is 12.7. The highest BCUT2D eigenvalue weighted by Crippen LogP contribution is 2.35. The Labute approximate surface area is 107 Å². The summed E-state index contributed by atoms with van der Waals surface area (Å²) >= 11 is 0. The molecule has 1 atom stereocenters. The maximum absolute atomic E-state index is 10.9. The number of hydrogen-bond donors (Lipinski definition) is 3. The van der Waals surface area contributed by atoms with Gasteiger partial charge in [-0.1, -0.05) is 19.8 Å². The molecule has 1 unspecified atom stereocenters. The summed E-state index contributed by atoms with van der Waals surface area (Å²) in [7, 11) is 0. The molecular formula is C14H20N2O2. The SMILES string of the molecule is CCC(CC1CC1)Nc1ccc(C(=O)O)c(N)c1. The number of nitrogens with one attached hydrogen (secondary N) is 1. The third-order valence-corrected chi connectivity index (χ3v) is 3.46. The summed E-state index contributed by atoms with van der Waals surface area (Å²) in [5.41, 5.74) is 7.12. The van der Waals surface area contributed by atoms with Crippen molar-refractivity contribution < 1.29 is 9.90 Å². The maximum atomic E-state index is 10.9. The van der Waals surface area contributed by atoms with Gasteiger partial charge in [0.05, 0.1) is 5.56 Å². The first-order chi connectivity index (χ1) is 8.60. The Kier molecular flexibility index (Phi) is 3.75. The zero-order valence-electron chi connectivity index (χ0n) is 10.6.